The summed E-state index contributed by atoms with van der Waals surface area (Å²) in [7, 11) is 0. The van der Waals surface area contributed by atoms with Crippen LogP contribution in [0, 0.1) is 0 Å². The van der Waals surface area contributed by atoms with E-state index in [9.17, 15) is 0 Å². The minimum atomic E-state index is -0.798. The Morgan fingerprint density at radius 3 is 2.16 bits per heavy atom. The van der Waals surface area contributed by atoms with Crippen molar-refractivity contribution in [3.8, 4) is 11.1 Å². The molecule has 1 heteroatoms. The van der Waals surface area contributed by atoms with Gasteiger partial charge in [0, 0.05) is 0 Å². The van der Waals surface area contributed by atoms with Crippen LogP contribution in [0.1, 0.15) is 96.6 Å². The van der Waals surface area contributed by atoms with Gasteiger partial charge < -0.3 is 0 Å². The Balaban J connectivity index is 2.06. The second-order valence-electron chi connectivity index (χ2n) is 11.7. The van der Waals surface area contributed by atoms with Crippen LogP contribution in [0.5, 0.6) is 0 Å². The third-order valence-corrected chi connectivity index (χ3v) is 9.82. The normalized spacial score (nSPS) is 15.3. The molecule has 0 atom stereocenters. The molecule has 0 bridgehead atoms. The van der Waals surface area contributed by atoms with Gasteiger partial charge in [-0.25, -0.2) is 0 Å². The Morgan fingerprint density at radius 1 is 0.903 bits per heavy atom. The van der Waals surface area contributed by atoms with E-state index in [4.69, 9.17) is 0 Å². The fourth-order valence-electron chi connectivity index (χ4n) is 4.94. The summed E-state index contributed by atoms with van der Waals surface area (Å²) in [5, 5.41) is 0. The zero-order chi connectivity index (χ0) is 22.7. The summed E-state index contributed by atoms with van der Waals surface area (Å²) in [4.78, 5) is 0. The summed E-state index contributed by atoms with van der Waals surface area (Å²) in [5.41, 5.74) is 14.0. The Labute approximate surface area is 200 Å². The van der Waals surface area contributed by atoms with Crippen LogP contribution in [0.25, 0.3) is 16.7 Å². The van der Waals surface area contributed by atoms with E-state index in [1.54, 1.807) is 28.7 Å². The van der Waals surface area contributed by atoms with Gasteiger partial charge in [-0.15, -0.1) is 0 Å². The molecule has 0 radical (unpaired) electrons. The number of rotatable bonds is 2. The standard InChI is InChI=1S/C27H31.C3H6.Zr/c1-17-8-9-18(12-17)24-14-20-13-19-10-11-21(26(2,3)4)15-22(19)23(20)16-25(24)27(5,6)7;1-3-2;/h8,10-12,15-16H,9,13H2,1-7H3;1-2H3;. The van der Waals surface area contributed by atoms with E-state index in [2.05, 4.69) is 98.7 Å². The molecule has 0 aromatic heterocycles. The molecule has 0 unspecified atom stereocenters. The Morgan fingerprint density at radius 2 is 1.61 bits per heavy atom. The summed E-state index contributed by atoms with van der Waals surface area (Å²) in [6, 6.07) is 9.83. The van der Waals surface area contributed by atoms with E-state index in [1.165, 1.54) is 27.8 Å². The van der Waals surface area contributed by atoms with Crippen LogP contribution in [0.15, 0.2) is 42.0 Å². The number of fused-ring (bicyclic) bond motifs is 3. The van der Waals surface area contributed by atoms with Gasteiger partial charge in [-0.1, -0.05) is 0 Å². The zero-order valence-corrected chi connectivity index (χ0v) is 23.3. The van der Waals surface area contributed by atoms with Gasteiger partial charge in [-0.2, -0.15) is 0 Å². The minimum absolute atomic E-state index is 0.127. The summed E-state index contributed by atoms with van der Waals surface area (Å²) < 4.78 is 3.40. The Bertz CT molecular complexity index is 1150. The van der Waals surface area contributed by atoms with E-state index in [1.807, 2.05) is 0 Å². The summed E-state index contributed by atoms with van der Waals surface area (Å²) in [6.45, 7) is 21.1. The predicted octanol–water partition coefficient (Wildman–Crippen LogP) is 7.51. The first-order valence-electron chi connectivity index (χ1n) is 11.7. The molecule has 2 aromatic carbocycles. The molecular weight excluding hydrogens is 452 g/mol. The van der Waals surface area contributed by atoms with E-state index >= 15 is 0 Å². The molecule has 0 amide bonds. The zero-order valence-electron chi connectivity index (χ0n) is 20.9. The van der Waals surface area contributed by atoms with E-state index in [0.717, 1.165) is 12.8 Å². The van der Waals surface area contributed by atoms with Crippen molar-refractivity contribution in [2.75, 3.05) is 0 Å². The molecular formula is C30H37Zr. The van der Waals surface area contributed by atoms with Gasteiger partial charge in [0.1, 0.15) is 0 Å². The molecule has 2 aromatic rings. The molecule has 4 rings (SSSR count). The fraction of sp³-hybridized carbons (Fsp3) is 0.433. The van der Waals surface area contributed by atoms with Crippen molar-refractivity contribution >= 4 is 12.1 Å². The molecule has 0 saturated heterocycles. The molecule has 0 fully saturated rings. The summed E-state index contributed by atoms with van der Waals surface area (Å²) in [6.07, 6.45) is 7.04. The van der Waals surface area contributed by atoms with Gasteiger partial charge in [-0.3, -0.25) is 0 Å². The maximum absolute atomic E-state index is 2.57. The molecule has 0 nitrogen and oxygen atoms in total. The molecule has 0 saturated carbocycles. The molecule has 31 heavy (non-hydrogen) atoms. The molecule has 161 valence electrons. The number of benzene rings is 2. The van der Waals surface area contributed by atoms with Crippen molar-refractivity contribution in [3.05, 3.63) is 69.8 Å². The molecule has 2 aliphatic rings. The van der Waals surface area contributed by atoms with Crippen molar-refractivity contribution in [2.45, 2.75) is 86.0 Å². The summed E-state index contributed by atoms with van der Waals surface area (Å²) >= 11 is -0.798. The van der Waals surface area contributed by atoms with Crippen LogP contribution >= 0.6 is 0 Å². The number of hydrogen-bond donors (Lipinski definition) is 0. The second-order valence-corrected chi connectivity index (χ2v) is 16.0. The van der Waals surface area contributed by atoms with Gasteiger partial charge in [0.05, 0.1) is 0 Å². The number of hydrogen-bond acceptors (Lipinski definition) is 0. The molecule has 0 heterocycles. The Hall–Kier alpha value is -1.33. The first-order valence-corrected chi connectivity index (χ1v) is 14.1. The van der Waals surface area contributed by atoms with Crippen molar-refractivity contribution in [2.24, 2.45) is 0 Å². The van der Waals surface area contributed by atoms with Crippen molar-refractivity contribution in [1.82, 2.24) is 0 Å². The predicted molar refractivity (Wildman–Crippen MR) is 134 cm³/mol. The van der Waals surface area contributed by atoms with Crippen LogP contribution in [0.3, 0.4) is 0 Å². The molecule has 0 N–H and O–H groups in total. The van der Waals surface area contributed by atoms with Crippen molar-refractivity contribution in [1.29, 1.82) is 0 Å². The molecule has 0 aliphatic heterocycles. The number of allylic oxidation sites excluding steroid dienone is 4. The first-order chi connectivity index (χ1) is 14.4. The quantitative estimate of drug-likeness (QED) is 0.350. The van der Waals surface area contributed by atoms with Gasteiger partial charge in [0.15, 0.2) is 0 Å². The van der Waals surface area contributed by atoms with E-state index in [0.29, 0.717) is 0 Å². The second kappa shape index (κ2) is 7.91. The van der Waals surface area contributed by atoms with Crippen molar-refractivity contribution < 1.29 is 22.8 Å². The van der Waals surface area contributed by atoms with Gasteiger partial charge in [-0.05, 0) is 0 Å². The van der Waals surface area contributed by atoms with Gasteiger partial charge >= 0.3 is 202 Å². The SMILES string of the molecule is CC1=CCC(c2c(C(C)(C)C)cc3c([c]2[Zr]=[C](C)C)Cc2ccc(C(C)(C)C)cc2-3)=C1. The van der Waals surface area contributed by atoms with Crippen LogP contribution in [0.2, 0.25) is 0 Å². The van der Waals surface area contributed by atoms with Crippen LogP contribution in [-0.4, -0.2) is 3.21 Å². The van der Waals surface area contributed by atoms with E-state index < -0.39 is 22.8 Å². The summed E-state index contributed by atoms with van der Waals surface area (Å²) in [5.74, 6) is 0. The Kier molecular flexibility index (Phi) is 5.83. The van der Waals surface area contributed by atoms with E-state index in [-0.39, 0.29) is 10.8 Å². The topological polar surface area (TPSA) is 0 Å². The monoisotopic (exact) mass is 487 g/mol. The van der Waals surface area contributed by atoms with Crippen LogP contribution in [-0.2, 0) is 40.0 Å². The average Bonchev–Trinajstić information content (AvgIpc) is 3.22. The first kappa shape index (κ1) is 22.9. The maximum atomic E-state index is 2.57. The molecule has 2 aliphatic carbocycles. The van der Waals surface area contributed by atoms with Gasteiger partial charge in [0.2, 0.25) is 0 Å². The average molecular weight is 489 g/mol. The fourth-order valence-corrected chi connectivity index (χ4v) is 8.12. The third-order valence-electron chi connectivity index (χ3n) is 6.62. The molecule has 0 spiro atoms. The van der Waals surface area contributed by atoms with Crippen LogP contribution in [0.4, 0.5) is 0 Å². The van der Waals surface area contributed by atoms with Crippen molar-refractivity contribution in [3.63, 3.8) is 0 Å². The van der Waals surface area contributed by atoms with Crippen LogP contribution < -0.4 is 3.27 Å². The van der Waals surface area contributed by atoms with Gasteiger partial charge in [0.25, 0.3) is 0 Å². The third kappa shape index (κ3) is 4.33.